The molecule has 8 heteroatoms. The third-order valence-corrected chi connectivity index (χ3v) is 7.98. The van der Waals surface area contributed by atoms with Gasteiger partial charge in [-0.1, -0.05) is 63.2 Å². The first-order valence-corrected chi connectivity index (χ1v) is 13.2. The number of amides is 1. The summed E-state index contributed by atoms with van der Waals surface area (Å²) in [6, 6.07) is 3.81. The number of fused-ring (bicyclic) bond motifs is 1. The molecule has 0 bridgehead atoms. The molecule has 0 aromatic carbocycles. The van der Waals surface area contributed by atoms with E-state index < -0.39 is 0 Å². The van der Waals surface area contributed by atoms with Crippen molar-refractivity contribution in [1.82, 2.24) is 14.3 Å². The topological polar surface area (TPSA) is 57.9 Å². The third kappa shape index (κ3) is 4.87. The van der Waals surface area contributed by atoms with Gasteiger partial charge in [0.05, 0.1) is 10.5 Å². The van der Waals surface area contributed by atoms with Crippen molar-refractivity contribution in [3.8, 4) is 0 Å². The van der Waals surface area contributed by atoms with Gasteiger partial charge in [0.2, 0.25) is 0 Å². The maximum atomic E-state index is 13.5. The van der Waals surface area contributed by atoms with E-state index in [1.807, 2.05) is 19.1 Å². The van der Waals surface area contributed by atoms with Gasteiger partial charge >= 0.3 is 0 Å². The number of thioether (sulfide) groups is 1. The van der Waals surface area contributed by atoms with Crippen molar-refractivity contribution in [3.63, 3.8) is 0 Å². The summed E-state index contributed by atoms with van der Waals surface area (Å²) in [6.07, 6.45) is 10.0. The second-order valence-electron chi connectivity index (χ2n) is 8.94. The smallest absolute Gasteiger partial charge is 0.267 e. The van der Waals surface area contributed by atoms with Gasteiger partial charge in [0.25, 0.3) is 11.5 Å². The number of anilines is 1. The number of unbranched alkanes of at least 4 members (excludes halogenated alkanes) is 1. The van der Waals surface area contributed by atoms with Gasteiger partial charge in [-0.2, -0.15) is 0 Å². The molecule has 33 heavy (non-hydrogen) atoms. The molecular formula is C25H32N4O2S2. The Bertz CT molecular complexity index is 1150. The normalized spacial score (nSPS) is 18.8. The molecule has 176 valence electrons. The third-order valence-electron chi connectivity index (χ3n) is 6.60. The lowest BCUT2D eigenvalue weighted by Crippen LogP contribution is -2.33. The largest absolute Gasteiger partial charge is 0.356 e. The van der Waals surface area contributed by atoms with E-state index in [0.717, 1.165) is 57.2 Å². The summed E-state index contributed by atoms with van der Waals surface area (Å²) in [5, 5.41) is 0. The van der Waals surface area contributed by atoms with Crippen molar-refractivity contribution in [3.05, 3.63) is 44.7 Å². The monoisotopic (exact) mass is 484 g/mol. The summed E-state index contributed by atoms with van der Waals surface area (Å²) < 4.78 is 2.16. The van der Waals surface area contributed by atoms with Crippen LogP contribution in [0, 0.1) is 12.8 Å². The molecule has 0 N–H and O–H groups in total. The molecule has 2 aromatic heterocycles. The lowest BCUT2D eigenvalue weighted by molar-refractivity contribution is -0.122. The molecule has 2 aromatic rings. The van der Waals surface area contributed by atoms with Crippen LogP contribution in [0.5, 0.6) is 0 Å². The molecule has 1 atom stereocenters. The summed E-state index contributed by atoms with van der Waals surface area (Å²) in [4.78, 5) is 36.2. The Labute approximate surface area is 205 Å². The molecule has 4 heterocycles. The molecule has 6 nitrogen and oxygen atoms in total. The molecule has 0 aliphatic carbocycles. The van der Waals surface area contributed by atoms with Gasteiger partial charge in [0.15, 0.2) is 0 Å². The molecule has 2 saturated heterocycles. The van der Waals surface area contributed by atoms with E-state index in [4.69, 9.17) is 17.2 Å². The molecule has 2 fully saturated rings. The van der Waals surface area contributed by atoms with Crippen molar-refractivity contribution in [2.75, 3.05) is 24.5 Å². The molecule has 0 spiro atoms. The van der Waals surface area contributed by atoms with Crippen LogP contribution >= 0.6 is 24.0 Å². The molecule has 1 unspecified atom stereocenters. The summed E-state index contributed by atoms with van der Waals surface area (Å²) in [5.74, 6) is 1.01. The Morgan fingerprint density at radius 1 is 1.24 bits per heavy atom. The fourth-order valence-corrected chi connectivity index (χ4v) is 5.82. The van der Waals surface area contributed by atoms with E-state index in [1.54, 1.807) is 21.6 Å². The lowest BCUT2D eigenvalue weighted by atomic mass is 9.99. The minimum Gasteiger partial charge on any atom is -0.356 e. The Morgan fingerprint density at radius 2 is 2.00 bits per heavy atom. The maximum absolute atomic E-state index is 13.5. The number of hydrogen-bond donors (Lipinski definition) is 0. The van der Waals surface area contributed by atoms with Gasteiger partial charge in [-0.3, -0.25) is 18.9 Å². The Hall–Kier alpha value is -2.19. The maximum Gasteiger partial charge on any atom is 0.267 e. The van der Waals surface area contributed by atoms with Gasteiger partial charge in [0, 0.05) is 25.8 Å². The van der Waals surface area contributed by atoms with E-state index in [9.17, 15) is 9.59 Å². The van der Waals surface area contributed by atoms with Crippen LogP contribution in [0.3, 0.4) is 0 Å². The minimum absolute atomic E-state index is 0.0962. The summed E-state index contributed by atoms with van der Waals surface area (Å²) in [5.41, 5.74) is 1.94. The van der Waals surface area contributed by atoms with Gasteiger partial charge in [-0.15, -0.1) is 0 Å². The molecular weight excluding hydrogens is 452 g/mol. The number of pyridine rings is 1. The van der Waals surface area contributed by atoms with E-state index in [-0.39, 0.29) is 11.5 Å². The fourth-order valence-electron chi connectivity index (χ4n) is 4.56. The Morgan fingerprint density at radius 3 is 2.70 bits per heavy atom. The molecule has 0 saturated carbocycles. The zero-order chi connectivity index (χ0) is 23.5. The average Bonchev–Trinajstić information content (AvgIpc) is 3.43. The van der Waals surface area contributed by atoms with Crippen molar-refractivity contribution in [2.45, 2.75) is 59.3 Å². The van der Waals surface area contributed by atoms with Gasteiger partial charge < -0.3 is 4.90 Å². The summed E-state index contributed by atoms with van der Waals surface area (Å²) >= 11 is 6.87. The highest BCUT2D eigenvalue weighted by Crippen LogP contribution is 2.35. The molecule has 0 radical (unpaired) electrons. The quantitative estimate of drug-likeness (QED) is 0.387. The number of rotatable bonds is 8. The van der Waals surface area contributed by atoms with Gasteiger partial charge in [-0.25, -0.2) is 4.98 Å². The summed E-state index contributed by atoms with van der Waals surface area (Å²) in [6.45, 7) is 8.69. The zero-order valence-electron chi connectivity index (χ0n) is 19.7. The predicted octanol–water partition coefficient (Wildman–Crippen LogP) is 5.02. The van der Waals surface area contributed by atoms with Crippen molar-refractivity contribution < 1.29 is 4.79 Å². The molecule has 1 amide bonds. The fraction of sp³-hybridized carbons (Fsp3) is 0.520. The SMILES string of the molecule is CCCCC(CC)CN1C(=O)C(=Cc2c(N3CCCC3)nc3c(C)cccn3c2=O)SC1=S. The van der Waals surface area contributed by atoms with E-state index in [1.165, 1.54) is 11.8 Å². The molecule has 2 aliphatic heterocycles. The van der Waals surface area contributed by atoms with Crippen LogP contribution in [0.15, 0.2) is 28.0 Å². The highest BCUT2D eigenvalue weighted by atomic mass is 32.2. The van der Waals surface area contributed by atoms with Gasteiger partial charge in [0.1, 0.15) is 15.8 Å². The molecule has 2 aliphatic rings. The average molecular weight is 485 g/mol. The zero-order valence-corrected chi connectivity index (χ0v) is 21.3. The Balaban J connectivity index is 1.73. The highest BCUT2D eigenvalue weighted by Gasteiger charge is 2.34. The highest BCUT2D eigenvalue weighted by molar-refractivity contribution is 8.26. The van der Waals surface area contributed by atoms with Gasteiger partial charge in [-0.05, 0) is 49.8 Å². The van der Waals surface area contributed by atoms with Crippen molar-refractivity contribution >= 4 is 51.7 Å². The number of nitrogens with zero attached hydrogens (tertiary/aromatic N) is 4. The van der Waals surface area contributed by atoms with Crippen LogP contribution in [0.1, 0.15) is 63.5 Å². The van der Waals surface area contributed by atoms with Crippen LogP contribution in [0.4, 0.5) is 5.82 Å². The first kappa shape index (κ1) is 24.0. The molecule has 4 rings (SSSR count). The van der Waals surface area contributed by atoms with Crippen LogP contribution in [0.25, 0.3) is 11.7 Å². The number of carbonyl (C=O) groups excluding carboxylic acids is 1. The van der Waals surface area contributed by atoms with E-state index in [0.29, 0.717) is 38.7 Å². The van der Waals surface area contributed by atoms with Crippen LogP contribution in [-0.2, 0) is 4.79 Å². The first-order valence-electron chi connectivity index (χ1n) is 12.0. The minimum atomic E-state index is -0.148. The van der Waals surface area contributed by atoms with Crippen molar-refractivity contribution in [1.29, 1.82) is 0 Å². The predicted molar refractivity (Wildman–Crippen MR) is 141 cm³/mol. The number of thiocarbonyl (C=S) groups is 1. The Kier molecular flexibility index (Phi) is 7.54. The van der Waals surface area contributed by atoms with Crippen LogP contribution in [-0.4, -0.2) is 44.1 Å². The second kappa shape index (κ2) is 10.4. The second-order valence-corrected chi connectivity index (χ2v) is 10.6. The van der Waals surface area contributed by atoms with Crippen molar-refractivity contribution in [2.24, 2.45) is 5.92 Å². The number of carbonyl (C=O) groups is 1. The standard InChI is InChI=1S/C25H32N4O2S2/c1-4-6-11-18(5-2)16-29-24(31)20(33-25(29)32)15-19-22(27-12-7-8-13-27)26-21-17(3)10-9-14-28(21)23(19)30/h9-10,14-15,18H,4-8,11-13,16H2,1-3H3. The summed E-state index contributed by atoms with van der Waals surface area (Å²) in [7, 11) is 0. The number of aryl methyl sites for hydroxylation is 1. The van der Waals surface area contributed by atoms with Crippen LogP contribution < -0.4 is 10.5 Å². The van der Waals surface area contributed by atoms with E-state index in [2.05, 4.69) is 18.7 Å². The van der Waals surface area contributed by atoms with Crippen LogP contribution in [0.2, 0.25) is 0 Å². The van der Waals surface area contributed by atoms with E-state index >= 15 is 0 Å². The number of hydrogen-bond acceptors (Lipinski definition) is 6. The number of aromatic nitrogens is 2. The first-order chi connectivity index (χ1) is 15.9. The lowest BCUT2D eigenvalue weighted by Gasteiger charge is -2.22.